The largest absolute Gasteiger partial charge is 0.497 e. The second kappa shape index (κ2) is 7.46. The minimum atomic E-state index is -0.0856. The first kappa shape index (κ1) is 15.8. The first-order valence-electron chi connectivity index (χ1n) is 7.77. The highest BCUT2D eigenvalue weighted by Crippen LogP contribution is 2.12. The number of nitrogens with zero attached hydrogens (tertiary/aromatic N) is 2. The van der Waals surface area contributed by atoms with Crippen LogP contribution in [0.15, 0.2) is 67.0 Å². The molecule has 0 aliphatic rings. The Morgan fingerprint density at radius 2 is 2.00 bits per heavy atom. The number of rotatable bonds is 6. The van der Waals surface area contributed by atoms with Gasteiger partial charge in [0.15, 0.2) is 0 Å². The third kappa shape index (κ3) is 3.81. The van der Waals surface area contributed by atoms with Crippen LogP contribution in [0.4, 0.5) is 0 Å². The first-order chi connectivity index (χ1) is 11.8. The summed E-state index contributed by atoms with van der Waals surface area (Å²) in [7, 11) is 1.65. The van der Waals surface area contributed by atoms with E-state index >= 15 is 0 Å². The second-order valence-corrected chi connectivity index (χ2v) is 5.35. The van der Waals surface area contributed by atoms with E-state index in [0.717, 1.165) is 23.4 Å². The Bertz CT molecular complexity index is 796. The minimum Gasteiger partial charge on any atom is -0.497 e. The number of aromatic nitrogens is 2. The maximum atomic E-state index is 12.3. The molecule has 5 nitrogen and oxygen atoms in total. The normalized spacial score (nSPS) is 10.4. The molecular formula is C19H19N3O2. The SMILES string of the molecule is COc1ccc(CCNC(=O)c2cccc(-n3cccn3)c2)cc1. The second-order valence-electron chi connectivity index (χ2n) is 5.35. The fraction of sp³-hybridized carbons (Fsp3) is 0.158. The Labute approximate surface area is 140 Å². The number of amides is 1. The van der Waals surface area contributed by atoms with Crippen LogP contribution in [0.3, 0.4) is 0 Å². The van der Waals surface area contributed by atoms with Crippen molar-refractivity contribution in [2.45, 2.75) is 6.42 Å². The number of hydrogen-bond donors (Lipinski definition) is 1. The van der Waals surface area contributed by atoms with E-state index in [2.05, 4.69) is 10.4 Å². The summed E-state index contributed by atoms with van der Waals surface area (Å²) in [5.41, 5.74) is 2.64. The standard InChI is InChI=1S/C19H19N3O2/c1-24-18-8-6-15(7-9-18)10-12-20-19(23)16-4-2-5-17(14-16)22-13-3-11-21-22/h2-9,11,13-14H,10,12H2,1H3,(H,20,23). The summed E-state index contributed by atoms with van der Waals surface area (Å²) in [5, 5.41) is 7.13. The van der Waals surface area contributed by atoms with Crippen molar-refractivity contribution in [2.24, 2.45) is 0 Å². The van der Waals surface area contributed by atoms with Crippen molar-refractivity contribution in [3.63, 3.8) is 0 Å². The lowest BCUT2D eigenvalue weighted by atomic mass is 10.1. The van der Waals surface area contributed by atoms with E-state index in [9.17, 15) is 4.79 Å². The molecule has 0 fully saturated rings. The van der Waals surface area contributed by atoms with E-state index in [-0.39, 0.29) is 5.91 Å². The van der Waals surface area contributed by atoms with Gasteiger partial charge in [-0.1, -0.05) is 18.2 Å². The van der Waals surface area contributed by atoms with Crippen LogP contribution in [0, 0.1) is 0 Å². The number of benzene rings is 2. The van der Waals surface area contributed by atoms with Crippen LogP contribution in [0.25, 0.3) is 5.69 Å². The number of methoxy groups -OCH3 is 1. The molecule has 1 N–H and O–H groups in total. The van der Waals surface area contributed by atoms with Crippen molar-refractivity contribution >= 4 is 5.91 Å². The van der Waals surface area contributed by atoms with Gasteiger partial charge in [0.05, 0.1) is 12.8 Å². The van der Waals surface area contributed by atoms with Crippen molar-refractivity contribution in [1.82, 2.24) is 15.1 Å². The molecule has 5 heteroatoms. The highest BCUT2D eigenvalue weighted by atomic mass is 16.5. The van der Waals surface area contributed by atoms with E-state index in [1.165, 1.54) is 0 Å². The summed E-state index contributed by atoms with van der Waals surface area (Å²) in [4.78, 5) is 12.3. The summed E-state index contributed by atoms with van der Waals surface area (Å²) in [5.74, 6) is 0.746. The maximum absolute atomic E-state index is 12.3. The van der Waals surface area contributed by atoms with Crippen LogP contribution in [0.5, 0.6) is 5.75 Å². The molecule has 3 aromatic rings. The summed E-state index contributed by atoms with van der Waals surface area (Å²) in [6.07, 6.45) is 4.33. The molecule has 1 heterocycles. The van der Waals surface area contributed by atoms with Gasteiger partial charge in [0.25, 0.3) is 5.91 Å². The molecule has 0 saturated carbocycles. The third-order valence-electron chi connectivity index (χ3n) is 3.74. The van der Waals surface area contributed by atoms with Gasteiger partial charge in [-0.25, -0.2) is 4.68 Å². The average molecular weight is 321 g/mol. The predicted molar refractivity (Wildman–Crippen MR) is 92.6 cm³/mol. The Kier molecular flexibility index (Phi) is 4.91. The molecule has 0 aliphatic heterocycles. The van der Waals surface area contributed by atoms with Gasteiger partial charge in [-0.3, -0.25) is 4.79 Å². The molecule has 0 saturated heterocycles. The van der Waals surface area contributed by atoms with Crippen LogP contribution in [0.1, 0.15) is 15.9 Å². The van der Waals surface area contributed by atoms with Crippen molar-refractivity contribution in [3.05, 3.63) is 78.1 Å². The number of nitrogens with one attached hydrogen (secondary N) is 1. The lowest BCUT2D eigenvalue weighted by Crippen LogP contribution is -2.25. The lowest BCUT2D eigenvalue weighted by Gasteiger charge is -2.08. The predicted octanol–water partition coefficient (Wildman–Crippen LogP) is 2.85. The van der Waals surface area contributed by atoms with E-state index in [4.69, 9.17) is 4.74 Å². The molecule has 0 atom stereocenters. The van der Waals surface area contributed by atoms with Gasteiger partial charge in [0.1, 0.15) is 5.75 Å². The van der Waals surface area contributed by atoms with Crippen LogP contribution in [0.2, 0.25) is 0 Å². The van der Waals surface area contributed by atoms with Gasteiger partial charge in [-0.05, 0) is 48.4 Å². The quantitative estimate of drug-likeness (QED) is 0.759. The summed E-state index contributed by atoms with van der Waals surface area (Å²) in [6.45, 7) is 0.581. The number of hydrogen-bond acceptors (Lipinski definition) is 3. The van der Waals surface area contributed by atoms with Gasteiger partial charge in [-0.15, -0.1) is 0 Å². The zero-order valence-electron chi connectivity index (χ0n) is 13.5. The molecule has 3 rings (SSSR count). The maximum Gasteiger partial charge on any atom is 0.251 e. The molecule has 0 unspecified atom stereocenters. The Morgan fingerprint density at radius 3 is 2.71 bits per heavy atom. The van der Waals surface area contributed by atoms with E-state index in [1.54, 1.807) is 24.1 Å². The molecule has 24 heavy (non-hydrogen) atoms. The summed E-state index contributed by atoms with van der Waals surface area (Å²) < 4.78 is 6.86. The summed E-state index contributed by atoms with van der Waals surface area (Å²) >= 11 is 0. The van der Waals surface area contributed by atoms with E-state index in [0.29, 0.717) is 12.1 Å². The molecule has 0 aliphatic carbocycles. The van der Waals surface area contributed by atoms with E-state index in [1.807, 2.05) is 54.7 Å². The highest BCUT2D eigenvalue weighted by Gasteiger charge is 2.07. The zero-order chi connectivity index (χ0) is 16.8. The van der Waals surface area contributed by atoms with Crippen molar-refractivity contribution < 1.29 is 9.53 Å². The van der Waals surface area contributed by atoms with Crippen molar-refractivity contribution in [2.75, 3.05) is 13.7 Å². The Balaban J connectivity index is 1.58. The highest BCUT2D eigenvalue weighted by molar-refractivity contribution is 5.94. The van der Waals surface area contributed by atoms with Crippen LogP contribution < -0.4 is 10.1 Å². The molecule has 122 valence electrons. The van der Waals surface area contributed by atoms with Crippen molar-refractivity contribution in [1.29, 1.82) is 0 Å². The molecular weight excluding hydrogens is 302 g/mol. The average Bonchev–Trinajstić information content (AvgIpc) is 3.17. The van der Waals surface area contributed by atoms with Gasteiger partial charge in [-0.2, -0.15) is 5.10 Å². The zero-order valence-corrected chi connectivity index (χ0v) is 13.5. The Morgan fingerprint density at radius 1 is 1.17 bits per heavy atom. The third-order valence-corrected chi connectivity index (χ3v) is 3.74. The minimum absolute atomic E-state index is 0.0856. The van der Waals surface area contributed by atoms with Crippen LogP contribution >= 0.6 is 0 Å². The fourth-order valence-corrected chi connectivity index (χ4v) is 2.43. The molecule has 0 bridgehead atoms. The topological polar surface area (TPSA) is 56.1 Å². The molecule has 0 radical (unpaired) electrons. The Hall–Kier alpha value is -3.08. The van der Waals surface area contributed by atoms with Crippen LogP contribution in [-0.4, -0.2) is 29.3 Å². The first-order valence-corrected chi connectivity index (χ1v) is 7.77. The molecule has 1 aromatic heterocycles. The monoisotopic (exact) mass is 321 g/mol. The fourth-order valence-electron chi connectivity index (χ4n) is 2.43. The lowest BCUT2D eigenvalue weighted by molar-refractivity contribution is 0.0954. The number of carbonyl (C=O) groups is 1. The van der Waals surface area contributed by atoms with Crippen molar-refractivity contribution in [3.8, 4) is 11.4 Å². The van der Waals surface area contributed by atoms with Gasteiger partial charge < -0.3 is 10.1 Å². The van der Waals surface area contributed by atoms with Gasteiger partial charge in [0.2, 0.25) is 0 Å². The number of ether oxygens (including phenoxy) is 1. The van der Waals surface area contributed by atoms with Crippen LogP contribution in [-0.2, 0) is 6.42 Å². The van der Waals surface area contributed by atoms with Gasteiger partial charge in [0, 0.05) is 24.5 Å². The van der Waals surface area contributed by atoms with Gasteiger partial charge >= 0.3 is 0 Å². The number of carbonyl (C=O) groups excluding carboxylic acids is 1. The smallest absolute Gasteiger partial charge is 0.251 e. The molecule has 0 spiro atoms. The molecule has 1 amide bonds. The summed E-state index contributed by atoms with van der Waals surface area (Å²) in [6, 6.07) is 17.1. The van der Waals surface area contributed by atoms with E-state index < -0.39 is 0 Å². The molecule has 2 aromatic carbocycles.